The summed E-state index contributed by atoms with van der Waals surface area (Å²) in [5, 5.41) is 0. The minimum Gasteiger partial charge on any atom is -0.436 e. The van der Waals surface area contributed by atoms with Crippen molar-refractivity contribution in [3.05, 3.63) is 73.1 Å². The second-order valence-corrected chi connectivity index (χ2v) is 4.63. The minimum atomic E-state index is 0.658. The van der Waals surface area contributed by atoms with Crippen LogP contribution in [0.4, 0.5) is 0 Å². The van der Waals surface area contributed by atoms with Crippen molar-refractivity contribution < 1.29 is 4.42 Å². The molecule has 2 heterocycles. The lowest BCUT2D eigenvalue weighted by atomic mass is 10.2. The van der Waals surface area contributed by atoms with E-state index in [1.807, 2.05) is 73.1 Å². The molecule has 0 fully saturated rings. The monoisotopic (exact) mass is 260 g/mol. The lowest BCUT2D eigenvalue weighted by Gasteiger charge is -2.00. The molecule has 3 nitrogen and oxygen atoms in total. The fourth-order valence-corrected chi connectivity index (χ4v) is 2.29. The Kier molecular flexibility index (Phi) is 2.42. The summed E-state index contributed by atoms with van der Waals surface area (Å²) in [7, 11) is 0. The number of aromatic nitrogens is 2. The van der Waals surface area contributed by atoms with Gasteiger partial charge in [-0.25, -0.2) is 4.98 Å². The van der Waals surface area contributed by atoms with Gasteiger partial charge in [0.05, 0.1) is 0 Å². The van der Waals surface area contributed by atoms with Crippen molar-refractivity contribution >= 4 is 11.1 Å². The number of nitrogens with zero attached hydrogens (tertiary/aromatic N) is 2. The van der Waals surface area contributed by atoms with Crippen molar-refractivity contribution in [1.82, 2.24) is 9.55 Å². The number of rotatable bonds is 2. The summed E-state index contributed by atoms with van der Waals surface area (Å²) in [5.41, 5.74) is 3.75. The summed E-state index contributed by atoms with van der Waals surface area (Å²) in [6.45, 7) is 0. The number of hydrogen-bond acceptors (Lipinski definition) is 2. The topological polar surface area (TPSA) is 31.0 Å². The van der Waals surface area contributed by atoms with E-state index in [0.717, 1.165) is 22.4 Å². The summed E-state index contributed by atoms with van der Waals surface area (Å²) in [4.78, 5) is 4.57. The van der Waals surface area contributed by atoms with Crippen molar-refractivity contribution in [2.45, 2.75) is 0 Å². The minimum absolute atomic E-state index is 0.658. The molecule has 0 N–H and O–H groups in total. The van der Waals surface area contributed by atoms with Gasteiger partial charge in [0, 0.05) is 23.6 Å². The van der Waals surface area contributed by atoms with Crippen LogP contribution in [0.1, 0.15) is 0 Å². The molecule has 96 valence electrons. The van der Waals surface area contributed by atoms with Crippen LogP contribution in [0.25, 0.3) is 28.2 Å². The Hall–Kier alpha value is -2.81. The van der Waals surface area contributed by atoms with Gasteiger partial charge in [-0.15, -0.1) is 0 Å². The summed E-state index contributed by atoms with van der Waals surface area (Å²) in [5.74, 6) is 0.658. The third-order valence-corrected chi connectivity index (χ3v) is 3.29. The Morgan fingerprint density at radius 3 is 2.45 bits per heavy atom. The first-order valence-electron chi connectivity index (χ1n) is 6.49. The quantitative estimate of drug-likeness (QED) is 0.538. The van der Waals surface area contributed by atoms with E-state index in [9.17, 15) is 0 Å². The lowest BCUT2D eigenvalue weighted by Crippen LogP contribution is -1.88. The van der Waals surface area contributed by atoms with Crippen molar-refractivity contribution in [1.29, 1.82) is 0 Å². The normalized spacial score (nSPS) is 11.0. The van der Waals surface area contributed by atoms with E-state index in [4.69, 9.17) is 4.42 Å². The summed E-state index contributed by atoms with van der Waals surface area (Å²) < 4.78 is 7.86. The molecule has 0 atom stereocenters. The molecule has 0 aliphatic heterocycles. The predicted octanol–water partition coefficient (Wildman–Crippen LogP) is 4.29. The Bertz CT molecular complexity index is 845. The third kappa shape index (κ3) is 1.80. The molecule has 0 aliphatic rings. The SMILES string of the molecule is c1ccc(-c2nc3cc(-n4cccc4)ccc3o2)cc1. The second kappa shape index (κ2) is 4.38. The molecular weight excluding hydrogens is 248 g/mol. The summed E-state index contributed by atoms with van der Waals surface area (Å²) >= 11 is 0. The number of hydrogen-bond donors (Lipinski definition) is 0. The smallest absolute Gasteiger partial charge is 0.227 e. The van der Waals surface area contributed by atoms with Gasteiger partial charge < -0.3 is 8.98 Å². The van der Waals surface area contributed by atoms with Crippen LogP contribution in [0.5, 0.6) is 0 Å². The largest absolute Gasteiger partial charge is 0.436 e. The zero-order valence-electron chi connectivity index (χ0n) is 10.7. The van der Waals surface area contributed by atoms with Crippen LogP contribution >= 0.6 is 0 Å². The van der Waals surface area contributed by atoms with Gasteiger partial charge >= 0.3 is 0 Å². The maximum Gasteiger partial charge on any atom is 0.227 e. The van der Waals surface area contributed by atoms with E-state index in [1.165, 1.54) is 0 Å². The average molecular weight is 260 g/mol. The molecule has 0 amide bonds. The van der Waals surface area contributed by atoms with Crippen LogP contribution in [0.2, 0.25) is 0 Å². The molecule has 0 spiro atoms. The molecular formula is C17H12N2O. The van der Waals surface area contributed by atoms with Crippen LogP contribution in [0.3, 0.4) is 0 Å². The Balaban J connectivity index is 1.84. The molecule has 2 aromatic heterocycles. The van der Waals surface area contributed by atoms with Crippen molar-refractivity contribution in [2.24, 2.45) is 0 Å². The average Bonchev–Trinajstić information content (AvgIpc) is 3.16. The Morgan fingerprint density at radius 2 is 1.65 bits per heavy atom. The van der Waals surface area contributed by atoms with E-state index < -0.39 is 0 Å². The zero-order valence-corrected chi connectivity index (χ0v) is 10.7. The van der Waals surface area contributed by atoms with Crippen molar-refractivity contribution in [3.63, 3.8) is 0 Å². The first-order valence-corrected chi connectivity index (χ1v) is 6.49. The van der Waals surface area contributed by atoms with E-state index >= 15 is 0 Å². The molecule has 4 rings (SSSR count). The number of oxazole rings is 1. The van der Waals surface area contributed by atoms with E-state index in [1.54, 1.807) is 0 Å². The fraction of sp³-hybridized carbons (Fsp3) is 0. The van der Waals surface area contributed by atoms with Gasteiger partial charge in [-0.1, -0.05) is 18.2 Å². The maximum absolute atomic E-state index is 5.81. The standard InChI is InChI=1S/C17H12N2O/c1-2-6-13(7-3-1)17-18-15-12-14(8-9-16(15)20-17)19-10-4-5-11-19/h1-12H. The highest BCUT2D eigenvalue weighted by atomic mass is 16.3. The van der Waals surface area contributed by atoms with Gasteiger partial charge in [-0.05, 0) is 42.5 Å². The molecule has 0 saturated heterocycles. The van der Waals surface area contributed by atoms with Crippen molar-refractivity contribution in [2.75, 3.05) is 0 Å². The summed E-state index contributed by atoms with van der Waals surface area (Å²) in [6.07, 6.45) is 4.03. The van der Waals surface area contributed by atoms with Crippen LogP contribution < -0.4 is 0 Å². The third-order valence-electron chi connectivity index (χ3n) is 3.29. The van der Waals surface area contributed by atoms with Gasteiger partial charge in [-0.2, -0.15) is 0 Å². The molecule has 2 aromatic carbocycles. The first kappa shape index (κ1) is 11.1. The number of fused-ring (bicyclic) bond motifs is 1. The maximum atomic E-state index is 5.81. The Morgan fingerprint density at radius 1 is 0.850 bits per heavy atom. The van der Waals surface area contributed by atoms with Crippen molar-refractivity contribution in [3.8, 4) is 17.1 Å². The fourth-order valence-electron chi connectivity index (χ4n) is 2.29. The van der Waals surface area contributed by atoms with E-state index in [2.05, 4.69) is 9.55 Å². The molecule has 0 saturated carbocycles. The van der Waals surface area contributed by atoms with Gasteiger partial charge in [0.1, 0.15) is 5.52 Å². The molecule has 4 aromatic rings. The van der Waals surface area contributed by atoms with Gasteiger partial charge in [0.25, 0.3) is 0 Å². The van der Waals surface area contributed by atoms with Gasteiger partial charge in [-0.3, -0.25) is 0 Å². The highest BCUT2D eigenvalue weighted by molar-refractivity contribution is 5.78. The zero-order chi connectivity index (χ0) is 13.4. The van der Waals surface area contributed by atoms with Crippen LogP contribution in [0.15, 0.2) is 77.5 Å². The molecule has 20 heavy (non-hydrogen) atoms. The molecule has 0 aliphatic carbocycles. The molecule has 0 unspecified atom stereocenters. The summed E-state index contributed by atoms with van der Waals surface area (Å²) in [6, 6.07) is 20.0. The Labute approximate surface area is 116 Å². The van der Waals surface area contributed by atoms with Gasteiger partial charge in [0.2, 0.25) is 5.89 Å². The predicted molar refractivity (Wildman–Crippen MR) is 78.8 cm³/mol. The molecule has 3 heteroatoms. The van der Waals surface area contributed by atoms with E-state index in [-0.39, 0.29) is 0 Å². The number of benzene rings is 2. The highest BCUT2D eigenvalue weighted by Crippen LogP contribution is 2.25. The first-order chi connectivity index (χ1) is 9.90. The van der Waals surface area contributed by atoms with Gasteiger partial charge in [0.15, 0.2) is 5.58 Å². The van der Waals surface area contributed by atoms with E-state index in [0.29, 0.717) is 5.89 Å². The van der Waals surface area contributed by atoms with Crippen LogP contribution in [0, 0.1) is 0 Å². The lowest BCUT2D eigenvalue weighted by molar-refractivity contribution is 0.620. The highest BCUT2D eigenvalue weighted by Gasteiger charge is 2.08. The second-order valence-electron chi connectivity index (χ2n) is 4.63. The molecule has 0 radical (unpaired) electrons. The van der Waals surface area contributed by atoms with Crippen LogP contribution in [-0.2, 0) is 0 Å². The van der Waals surface area contributed by atoms with Crippen LogP contribution in [-0.4, -0.2) is 9.55 Å². The molecule has 0 bridgehead atoms.